The number of amides is 1. The molecule has 0 aliphatic carbocycles. The van der Waals surface area contributed by atoms with Gasteiger partial charge in [0, 0.05) is 19.8 Å². The van der Waals surface area contributed by atoms with Crippen molar-refractivity contribution in [3.05, 3.63) is 17.2 Å². The quantitative estimate of drug-likeness (QED) is 0.728. The highest BCUT2D eigenvalue weighted by molar-refractivity contribution is 5.90. The lowest BCUT2D eigenvalue weighted by molar-refractivity contribution is 0.0949. The predicted molar refractivity (Wildman–Crippen MR) is 50.7 cm³/mol. The number of carbonyl (C=O) groups excluding carboxylic acids is 1. The Morgan fingerprint density at radius 3 is 2.62 bits per heavy atom. The molecule has 0 bridgehead atoms. The first-order valence-corrected chi connectivity index (χ1v) is 4.36. The topological polar surface area (TPSA) is 46.9 Å². The van der Waals surface area contributed by atoms with Crippen molar-refractivity contribution in [1.82, 2.24) is 14.9 Å². The standard InChI is InChI=1S/C9H15N3O/c1-5-7-6(2)12(4)8(11-7)9(13)10-3/h5H2,1-4H3,(H,10,13). The number of imidazole rings is 1. The van der Waals surface area contributed by atoms with E-state index in [4.69, 9.17) is 0 Å². The van der Waals surface area contributed by atoms with Crippen LogP contribution >= 0.6 is 0 Å². The summed E-state index contributed by atoms with van der Waals surface area (Å²) in [7, 11) is 3.46. The van der Waals surface area contributed by atoms with E-state index < -0.39 is 0 Å². The molecule has 72 valence electrons. The van der Waals surface area contributed by atoms with Crippen LogP contribution in [0.4, 0.5) is 0 Å². The van der Waals surface area contributed by atoms with E-state index in [0.29, 0.717) is 5.82 Å². The number of aromatic nitrogens is 2. The molecule has 0 atom stereocenters. The number of aryl methyl sites for hydroxylation is 1. The molecular weight excluding hydrogens is 166 g/mol. The molecular formula is C9H15N3O. The second-order valence-corrected chi connectivity index (χ2v) is 2.96. The average Bonchev–Trinajstić information content (AvgIpc) is 2.43. The number of rotatable bonds is 2. The van der Waals surface area contributed by atoms with Gasteiger partial charge < -0.3 is 9.88 Å². The molecule has 4 heteroatoms. The lowest BCUT2D eigenvalue weighted by atomic mass is 10.3. The number of nitrogens with zero attached hydrogens (tertiary/aromatic N) is 2. The maximum atomic E-state index is 11.3. The zero-order chi connectivity index (χ0) is 10.0. The Bertz CT molecular complexity index is 328. The fraction of sp³-hybridized carbons (Fsp3) is 0.556. The average molecular weight is 181 g/mol. The SMILES string of the molecule is CCc1nc(C(=O)NC)n(C)c1C. The monoisotopic (exact) mass is 181 g/mol. The smallest absolute Gasteiger partial charge is 0.287 e. The highest BCUT2D eigenvalue weighted by Crippen LogP contribution is 2.09. The maximum Gasteiger partial charge on any atom is 0.287 e. The van der Waals surface area contributed by atoms with E-state index in [2.05, 4.69) is 10.3 Å². The number of hydrogen-bond donors (Lipinski definition) is 1. The minimum atomic E-state index is -0.134. The van der Waals surface area contributed by atoms with Gasteiger partial charge in [-0.3, -0.25) is 4.79 Å². The van der Waals surface area contributed by atoms with E-state index >= 15 is 0 Å². The van der Waals surface area contributed by atoms with Gasteiger partial charge in [-0.05, 0) is 13.3 Å². The van der Waals surface area contributed by atoms with Crippen LogP contribution in [0.2, 0.25) is 0 Å². The van der Waals surface area contributed by atoms with Gasteiger partial charge in [0.05, 0.1) is 5.69 Å². The third-order valence-electron chi connectivity index (χ3n) is 2.24. The summed E-state index contributed by atoms with van der Waals surface area (Å²) < 4.78 is 1.82. The lowest BCUT2D eigenvalue weighted by Crippen LogP contribution is -2.22. The fourth-order valence-electron chi connectivity index (χ4n) is 1.29. The number of carbonyl (C=O) groups is 1. The van der Waals surface area contributed by atoms with Crippen molar-refractivity contribution in [1.29, 1.82) is 0 Å². The molecule has 0 saturated carbocycles. The molecule has 1 N–H and O–H groups in total. The minimum Gasteiger partial charge on any atom is -0.352 e. The largest absolute Gasteiger partial charge is 0.352 e. The van der Waals surface area contributed by atoms with Crippen LogP contribution in [0.1, 0.15) is 28.9 Å². The van der Waals surface area contributed by atoms with Crippen LogP contribution < -0.4 is 5.32 Å². The fourth-order valence-corrected chi connectivity index (χ4v) is 1.29. The Balaban J connectivity index is 3.17. The molecule has 0 unspecified atom stereocenters. The van der Waals surface area contributed by atoms with E-state index in [1.54, 1.807) is 7.05 Å². The molecule has 0 fully saturated rings. The van der Waals surface area contributed by atoms with Crippen molar-refractivity contribution in [2.75, 3.05) is 7.05 Å². The third kappa shape index (κ3) is 1.56. The molecule has 4 nitrogen and oxygen atoms in total. The Morgan fingerprint density at radius 2 is 2.23 bits per heavy atom. The molecule has 13 heavy (non-hydrogen) atoms. The minimum absolute atomic E-state index is 0.134. The van der Waals surface area contributed by atoms with Gasteiger partial charge in [-0.15, -0.1) is 0 Å². The normalized spacial score (nSPS) is 10.2. The van der Waals surface area contributed by atoms with Gasteiger partial charge in [0.25, 0.3) is 5.91 Å². The van der Waals surface area contributed by atoms with E-state index in [-0.39, 0.29) is 5.91 Å². The van der Waals surface area contributed by atoms with E-state index in [9.17, 15) is 4.79 Å². The number of nitrogens with one attached hydrogen (secondary N) is 1. The summed E-state index contributed by atoms with van der Waals surface area (Å²) in [6.07, 6.45) is 0.858. The second kappa shape index (κ2) is 3.60. The maximum absolute atomic E-state index is 11.3. The molecule has 1 aromatic heterocycles. The summed E-state index contributed by atoms with van der Waals surface area (Å²) >= 11 is 0. The van der Waals surface area contributed by atoms with Crippen molar-refractivity contribution < 1.29 is 4.79 Å². The summed E-state index contributed by atoms with van der Waals surface area (Å²) in [6.45, 7) is 4.00. The highest BCUT2D eigenvalue weighted by Gasteiger charge is 2.14. The summed E-state index contributed by atoms with van der Waals surface area (Å²) in [4.78, 5) is 15.6. The van der Waals surface area contributed by atoms with E-state index in [0.717, 1.165) is 17.8 Å². The molecule has 1 amide bonds. The molecule has 0 aliphatic heterocycles. The van der Waals surface area contributed by atoms with E-state index in [1.807, 2.05) is 25.5 Å². The van der Waals surface area contributed by atoms with Gasteiger partial charge in [0.1, 0.15) is 0 Å². The van der Waals surface area contributed by atoms with Crippen molar-refractivity contribution in [2.24, 2.45) is 7.05 Å². The first-order valence-electron chi connectivity index (χ1n) is 4.36. The van der Waals surface area contributed by atoms with Crippen molar-refractivity contribution >= 4 is 5.91 Å². The molecule has 0 aromatic carbocycles. The summed E-state index contributed by atoms with van der Waals surface area (Å²) in [5.41, 5.74) is 2.04. The van der Waals surface area contributed by atoms with Gasteiger partial charge in [0.2, 0.25) is 0 Å². The van der Waals surface area contributed by atoms with Gasteiger partial charge >= 0.3 is 0 Å². The number of hydrogen-bond acceptors (Lipinski definition) is 2. The van der Waals surface area contributed by atoms with Gasteiger partial charge in [-0.2, -0.15) is 0 Å². The van der Waals surface area contributed by atoms with Crippen molar-refractivity contribution in [2.45, 2.75) is 20.3 Å². The molecule has 0 radical (unpaired) electrons. The summed E-state index contributed by atoms with van der Waals surface area (Å²) in [6, 6.07) is 0. The molecule has 1 aromatic rings. The van der Waals surface area contributed by atoms with Crippen molar-refractivity contribution in [3.8, 4) is 0 Å². The highest BCUT2D eigenvalue weighted by atomic mass is 16.2. The summed E-state index contributed by atoms with van der Waals surface area (Å²) in [5.74, 6) is 0.349. The Labute approximate surface area is 78.0 Å². The Morgan fingerprint density at radius 1 is 1.62 bits per heavy atom. The first kappa shape index (κ1) is 9.77. The van der Waals surface area contributed by atoms with Crippen molar-refractivity contribution in [3.63, 3.8) is 0 Å². The predicted octanol–water partition coefficient (Wildman–Crippen LogP) is 0.651. The van der Waals surface area contributed by atoms with Crippen LogP contribution in [0.25, 0.3) is 0 Å². The van der Waals surface area contributed by atoms with Gasteiger partial charge in [-0.1, -0.05) is 6.92 Å². The van der Waals surface area contributed by atoms with Crippen LogP contribution in [-0.4, -0.2) is 22.5 Å². The first-order chi connectivity index (χ1) is 6.11. The van der Waals surface area contributed by atoms with Crippen LogP contribution in [0, 0.1) is 6.92 Å². The van der Waals surface area contributed by atoms with Crippen LogP contribution in [0.15, 0.2) is 0 Å². The lowest BCUT2D eigenvalue weighted by Gasteiger charge is -2.00. The zero-order valence-corrected chi connectivity index (χ0v) is 8.51. The molecule has 0 aliphatic rings. The van der Waals surface area contributed by atoms with Crippen LogP contribution in [0.3, 0.4) is 0 Å². The molecule has 0 spiro atoms. The van der Waals surface area contributed by atoms with Crippen LogP contribution in [-0.2, 0) is 13.5 Å². The Kier molecular flexibility index (Phi) is 2.70. The Hall–Kier alpha value is -1.32. The molecule has 1 rings (SSSR count). The van der Waals surface area contributed by atoms with Gasteiger partial charge in [0.15, 0.2) is 5.82 Å². The third-order valence-corrected chi connectivity index (χ3v) is 2.24. The summed E-state index contributed by atoms with van der Waals surface area (Å²) in [5, 5.41) is 2.56. The van der Waals surface area contributed by atoms with Crippen LogP contribution in [0.5, 0.6) is 0 Å². The molecule has 1 heterocycles. The zero-order valence-electron chi connectivity index (χ0n) is 8.51. The molecule has 0 saturated heterocycles. The second-order valence-electron chi connectivity index (χ2n) is 2.96. The van der Waals surface area contributed by atoms with Gasteiger partial charge in [-0.25, -0.2) is 4.98 Å². The van der Waals surface area contributed by atoms with E-state index in [1.165, 1.54) is 0 Å².